The highest BCUT2D eigenvalue weighted by Gasteiger charge is 2.60. The SMILES string of the molecule is Cc1ccc(C2NC3(CC3)C(=O)N2C(C)CC(C)C)cc1. The molecule has 1 amide bonds. The molecular weight excluding hydrogens is 260 g/mol. The smallest absolute Gasteiger partial charge is 0.244 e. The molecular formula is C18H26N2O. The van der Waals surface area contributed by atoms with Crippen LogP contribution >= 0.6 is 0 Å². The standard InChI is InChI=1S/C18H26N2O/c1-12(2)11-14(4)20-16(15-7-5-13(3)6-8-15)19-18(9-10-18)17(20)21/h5-8,12,14,16,19H,9-11H2,1-4H3. The molecule has 2 unspecified atom stereocenters. The normalized spacial score (nSPS) is 24.9. The average Bonchev–Trinajstić information content (AvgIpc) is 3.12. The van der Waals surface area contributed by atoms with E-state index >= 15 is 0 Å². The lowest BCUT2D eigenvalue weighted by Crippen LogP contribution is -2.39. The van der Waals surface area contributed by atoms with Gasteiger partial charge in [-0.05, 0) is 44.6 Å². The number of nitrogens with zero attached hydrogens (tertiary/aromatic N) is 1. The number of aryl methyl sites for hydroxylation is 1. The molecule has 1 N–H and O–H groups in total. The van der Waals surface area contributed by atoms with Gasteiger partial charge in [-0.2, -0.15) is 0 Å². The number of nitrogens with one attached hydrogen (secondary N) is 1. The van der Waals surface area contributed by atoms with Crippen molar-refractivity contribution in [2.75, 3.05) is 0 Å². The molecule has 3 nitrogen and oxygen atoms in total. The topological polar surface area (TPSA) is 32.3 Å². The van der Waals surface area contributed by atoms with Gasteiger partial charge in [-0.15, -0.1) is 0 Å². The molecule has 0 radical (unpaired) electrons. The zero-order valence-electron chi connectivity index (χ0n) is 13.5. The molecule has 3 heteroatoms. The summed E-state index contributed by atoms with van der Waals surface area (Å²) in [6.07, 6.45) is 3.05. The number of benzene rings is 1. The van der Waals surface area contributed by atoms with Crippen molar-refractivity contribution in [2.45, 2.75) is 64.7 Å². The first-order chi connectivity index (χ1) is 9.93. The largest absolute Gasteiger partial charge is 0.319 e. The van der Waals surface area contributed by atoms with E-state index in [1.165, 1.54) is 11.1 Å². The van der Waals surface area contributed by atoms with E-state index < -0.39 is 0 Å². The third-order valence-corrected chi connectivity index (χ3v) is 4.77. The van der Waals surface area contributed by atoms with E-state index in [0.717, 1.165) is 19.3 Å². The van der Waals surface area contributed by atoms with E-state index in [9.17, 15) is 4.79 Å². The molecule has 1 aromatic rings. The zero-order valence-corrected chi connectivity index (χ0v) is 13.5. The summed E-state index contributed by atoms with van der Waals surface area (Å²) in [5.41, 5.74) is 2.21. The lowest BCUT2D eigenvalue weighted by atomic mass is 10.0. The summed E-state index contributed by atoms with van der Waals surface area (Å²) in [5.74, 6) is 0.906. The third kappa shape index (κ3) is 2.59. The Morgan fingerprint density at radius 1 is 1.24 bits per heavy atom. The Morgan fingerprint density at radius 3 is 2.38 bits per heavy atom. The minimum Gasteiger partial charge on any atom is -0.319 e. The van der Waals surface area contributed by atoms with Crippen LogP contribution < -0.4 is 5.32 Å². The molecule has 1 spiro atoms. The number of hydrogen-bond donors (Lipinski definition) is 1. The minimum absolute atomic E-state index is 0.0364. The van der Waals surface area contributed by atoms with Crippen molar-refractivity contribution in [3.63, 3.8) is 0 Å². The van der Waals surface area contributed by atoms with Gasteiger partial charge in [-0.25, -0.2) is 0 Å². The van der Waals surface area contributed by atoms with Gasteiger partial charge < -0.3 is 4.90 Å². The van der Waals surface area contributed by atoms with Crippen molar-refractivity contribution in [3.05, 3.63) is 35.4 Å². The van der Waals surface area contributed by atoms with E-state index in [1.54, 1.807) is 0 Å². The molecule has 2 aliphatic rings. The lowest BCUT2D eigenvalue weighted by molar-refractivity contribution is -0.133. The van der Waals surface area contributed by atoms with Crippen LogP contribution in [0.15, 0.2) is 24.3 Å². The summed E-state index contributed by atoms with van der Waals surface area (Å²) < 4.78 is 0. The Bertz CT molecular complexity index is 531. The fourth-order valence-electron chi connectivity index (χ4n) is 3.48. The van der Waals surface area contributed by atoms with E-state index in [4.69, 9.17) is 0 Å². The van der Waals surface area contributed by atoms with E-state index in [1.807, 2.05) is 0 Å². The second-order valence-electron chi connectivity index (χ2n) is 7.23. The van der Waals surface area contributed by atoms with Crippen LogP contribution in [0.3, 0.4) is 0 Å². The molecule has 1 heterocycles. The van der Waals surface area contributed by atoms with Crippen molar-refractivity contribution >= 4 is 5.91 Å². The average molecular weight is 286 g/mol. The molecule has 1 saturated heterocycles. The molecule has 2 fully saturated rings. The zero-order chi connectivity index (χ0) is 15.2. The third-order valence-electron chi connectivity index (χ3n) is 4.77. The maximum atomic E-state index is 12.8. The number of carbonyl (C=O) groups excluding carboxylic acids is 1. The Hall–Kier alpha value is -1.35. The first-order valence-electron chi connectivity index (χ1n) is 8.10. The van der Waals surface area contributed by atoms with Crippen LogP contribution in [-0.4, -0.2) is 22.4 Å². The van der Waals surface area contributed by atoms with Gasteiger partial charge in [0, 0.05) is 6.04 Å². The first kappa shape index (κ1) is 14.6. The summed E-state index contributed by atoms with van der Waals surface area (Å²) >= 11 is 0. The predicted molar refractivity (Wildman–Crippen MR) is 84.8 cm³/mol. The van der Waals surface area contributed by atoms with Crippen molar-refractivity contribution in [3.8, 4) is 0 Å². The van der Waals surface area contributed by atoms with Crippen LogP contribution in [0.5, 0.6) is 0 Å². The second kappa shape index (κ2) is 5.13. The molecule has 1 saturated carbocycles. The highest BCUT2D eigenvalue weighted by atomic mass is 16.2. The van der Waals surface area contributed by atoms with Crippen molar-refractivity contribution in [2.24, 2.45) is 5.92 Å². The number of carbonyl (C=O) groups is 1. The summed E-state index contributed by atoms with van der Waals surface area (Å²) in [4.78, 5) is 14.9. The number of rotatable bonds is 4. The molecule has 2 atom stereocenters. The molecule has 1 aromatic carbocycles. The fraction of sp³-hybridized carbons (Fsp3) is 0.611. The Labute approximate surface area is 127 Å². The summed E-state index contributed by atoms with van der Waals surface area (Å²) in [6.45, 7) is 8.72. The van der Waals surface area contributed by atoms with Gasteiger partial charge in [0.1, 0.15) is 11.7 Å². The van der Waals surface area contributed by atoms with Crippen LogP contribution in [0.4, 0.5) is 0 Å². The number of hydrogen-bond acceptors (Lipinski definition) is 2. The highest BCUT2D eigenvalue weighted by Crippen LogP contribution is 2.47. The molecule has 21 heavy (non-hydrogen) atoms. The van der Waals surface area contributed by atoms with E-state index in [0.29, 0.717) is 11.8 Å². The van der Waals surface area contributed by atoms with Gasteiger partial charge >= 0.3 is 0 Å². The molecule has 3 rings (SSSR count). The minimum atomic E-state index is -0.249. The van der Waals surface area contributed by atoms with Gasteiger partial charge in [0.2, 0.25) is 5.91 Å². The van der Waals surface area contributed by atoms with Crippen LogP contribution in [0.2, 0.25) is 0 Å². The molecule has 114 valence electrons. The summed E-state index contributed by atoms with van der Waals surface area (Å²) in [6, 6.07) is 8.83. The molecule has 1 aliphatic carbocycles. The van der Waals surface area contributed by atoms with Crippen molar-refractivity contribution in [1.82, 2.24) is 10.2 Å². The molecule has 1 aliphatic heterocycles. The second-order valence-corrected chi connectivity index (χ2v) is 7.23. The van der Waals surface area contributed by atoms with E-state index in [2.05, 4.69) is 62.2 Å². The van der Waals surface area contributed by atoms with Crippen molar-refractivity contribution < 1.29 is 4.79 Å². The maximum absolute atomic E-state index is 12.8. The van der Waals surface area contributed by atoms with Crippen LogP contribution in [0, 0.1) is 12.8 Å². The summed E-state index contributed by atoms with van der Waals surface area (Å²) in [5, 5.41) is 3.61. The van der Waals surface area contributed by atoms with Crippen LogP contribution in [-0.2, 0) is 4.79 Å². The highest BCUT2D eigenvalue weighted by molar-refractivity contribution is 5.92. The fourth-order valence-corrected chi connectivity index (χ4v) is 3.48. The van der Waals surface area contributed by atoms with Gasteiger partial charge in [0.05, 0.1) is 0 Å². The van der Waals surface area contributed by atoms with Gasteiger partial charge in [0.25, 0.3) is 0 Å². The monoisotopic (exact) mass is 286 g/mol. The van der Waals surface area contributed by atoms with Crippen LogP contribution in [0.25, 0.3) is 0 Å². The van der Waals surface area contributed by atoms with Gasteiger partial charge in [-0.3, -0.25) is 10.1 Å². The summed E-state index contributed by atoms with van der Waals surface area (Å²) in [7, 11) is 0. The van der Waals surface area contributed by atoms with Crippen molar-refractivity contribution in [1.29, 1.82) is 0 Å². The van der Waals surface area contributed by atoms with Crippen LogP contribution in [0.1, 0.15) is 57.3 Å². The first-order valence-corrected chi connectivity index (χ1v) is 8.10. The van der Waals surface area contributed by atoms with E-state index in [-0.39, 0.29) is 17.7 Å². The Balaban J connectivity index is 1.89. The quantitative estimate of drug-likeness (QED) is 0.920. The molecule has 0 aromatic heterocycles. The maximum Gasteiger partial charge on any atom is 0.244 e. The molecule has 0 bridgehead atoms. The Morgan fingerprint density at radius 2 is 1.86 bits per heavy atom. The lowest BCUT2D eigenvalue weighted by Gasteiger charge is -2.31. The van der Waals surface area contributed by atoms with Gasteiger partial charge in [0.15, 0.2) is 0 Å². The Kier molecular flexibility index (Phi) is 3.56. The van der Waals surface area contributed by atoms with Gasteiger partial charge in [-0.1, -0.05) is 43.7 Å². The number of amides is 1. The predicted octanol–water partition coefficient (Wildman–Crippen LogP) is 3.39.